The van der Waals surface area contributed by atoms with Crippen LogP contribution in [0.4, 0.5) is 4.79 Å². The second kappa shape index (κ2) is 7.11. The van der Waals surface area contributed by atoms with Gasteiger partial charge >= 0.3 is 6.03 Å². The normalized spacial score (nSPS) is 17.2. The molecule has 1 saturated carbocycles. The van der Waals surface area contributed by atoms with Gasteiger partial charge in [0.1, 0.15) is 0 Å². The molecule has 0 radical (unpaired) electrons. The van der Waals surface area contributed by atoms with Crippen molar-refractivity contribution in [3.63, 3.8) is 0 Å². The maximum atomic E-state index is 12.0. The molecule has 1 aliphatic carbocycles. The first kappa shape index (κ1) is 16.8. The van der Waals surface area contributed by atoms with Crippen LogP contribution in [0, 0.1) is 0 Å². The van der Waals surface area contributed by atoms with Gasteiger partial charge in [-0.1, -0.05) is 25.0 Å². The van der Waals surface area contributed by atoms with Crippen molar-refractivity contribution in [3.8, 4) is 0 Å². The van der Waals surface area contributed by atoms with Gasteiger partial charge in [0.15, 0.2) is 0 Å². The molecule has 0 bridgehead atoms. The van der Waals surface area contributed by atoms with E-state index in [1.807, 2.05) is 6.92 Å². The Balaban J connectivity index is 2.01. The predicted octanol–water partition coefficient (Wildman–Crippen LogP) is 1.90. The molecule has 0 aromatic heterocycles. The fourth-order valence-electron chi connectivity index (χ4n) is 2.65. The van der Waals surface area contributed by atoms with Crippen molar-refractivity contribution in [3.05, 3.63) is 29.8 Å². The lowest BCUT2D eigenvalue weighted by Crippen LogP contribution is -2.41. The topological polar surface area (TPSA) is 87.3 Å². The summed E-state index contributed by atoms with van der Waals surface area (Å²) < 4.78 is 25.9. The summed E-state index contributed by atoms with van der Waals surface area (Å²) in [6.07, 6.45) is 4.37. The highest BCUT2D eigenvalue weighted by Crippen LogP contribution is 2.19. The molecular formula is C15H23N3O3S. The Hall–Kier alpha value is -1.60. The molecule has 6 nitrogen and oxygen atoms in total. The minimum Gasteiger partial charge on any atom is -0.335 e. The van der Waals surface area contributed by atoms with Crippen LogP contribution in [-0.2, 0) is 10.0 Å². The molecule has 1 aromatic carbocycles. The monoisotopic (exact) mass is 325 g/mol. The second-order valence-electron chi connectivity index (χ2n) is 5.60. The first-order valence-corrected chi connectivity index (χ1v) is 9.01. The molecule has 2 rings (SSSR count). The van der Waals surface area contributed by atoms with Gasteiger partial charge in [-0.05, 0) is 44.5 Å². The molecule has 1 atom stereocenters. The van der Waals surface area contributed by atoms with E-state index in [2.05, 4.69) is 15.4 Å². The summed E-state index contributed by atoms with van der Waals surface area (Å²) in [6.45, 7) is 1.83. The fraction of sp³-hybridized carbons (Fsp3) is 0.533. The van der Waals surface area contributed by atoms with Gasteiger partial charge in [-0.25, -0.2) is 17.9 Å². The number of rotatable bonds is 5. The van der Waals surface area contributed by atoms with Crippen molar-refractivity contribution in [2.24, 2.45) is 0 Å². The Morgan fingerprint density at radius 3 is 2.59 bits per heavy atom. The quantitative estimate of drug-likeness (QED) is 0.772. The minimum atomic E-state index is -3.48. The molecule has 7 heteroatoms. The number of nitrogens with one attached hydrogen (secondary N) is 3. The first-order valence-electron chi connectivity index (χ1n) is 7.53. The van der Waals surface area contributed by atoms with Crippen LogP contribution in [0.25, 0.3) is 0 Å². The molecule has 3 N–H and O–H groups in total. The van der Waals surface area contributed by atoms with E-state index in [0.29, 0.717) is 0 Å². The highest BCUT2D eigenvalue weighted by atomic mass is 32.2. The van der Waals surface area contributed by atoms with E-state index in [4.69, 9.17) is 0 Å². The Bertz CT molecular complexity index is 625. The van der Waals surface area contributed by atoms with E-state index < -0.39 is 10.0 Å². The number of amides is 2. The fourth-order valence-corrected chi connectivity index (χ4v) is 3.43. The highest BCUT2D eigenvalue weighted by molar-refractivity contribution is 7.89. The molecular weight excluding hydrogens is 302 g/mol. The summed E-state index contributed by atoms with van der Waals surface area (Å²) in [5.41, 5.74) is 0.748. The van der Waals surface area contributed by atoms with Crippen molar-refractivity contribution in [2.45, 2.75) is 49.6 Å². The SMILES string of the molecule is CNS(=O)(=O)c1cccc(C(C)NC(=O)NC2CCCC2)c1. The third kappa shape index (κ3) is 4.20. The van der Waals surface area contributed by atoms with Crippen LogP contribution in [-0.4, -0.2) is 27.5 Å². The summed E-state index contributed by atoms with van der Waals surface area (Å²) in [5.74, 6) is 0. The zero-order chi connectivity index (χ0) is 16.2. The van der Waals surface area contributed by atoms with Crippen LogP contribution < -0.4 is 15.4 Å². The predicted molar refractivity (Wildman–Crippen MR) is 85.0 cm³/mol. The van der Waals surface area contributed by atoms with Gasteiger partial charge in [0.05, 0.1) is 10.9 Å². The van der Waals surface area contributed by atoms with Gasteiger partial charge in [-0.3, -0.25) is 0 Å². The van der Waals surface area contributed by atoms with E-state index in [-0.39, 0.29) is 23.0 Å². The standard InChI is InChI=1S/C15H23N3O3S/c1-11(17-15(19)18-13-7-3-4-8-13)12-6-5-9-14(10-12)22(20,21)16-2/h5-6,9-11,13,16H,3-4,7-8H2,1-2H3,(H2,17,18,19). The average Bonchev–Trinajstić information content (AvgIpc) is 3.00. The molecule has 1 aromatic rings. The van der Waals surface area contributed by atoms with Gasteiger partial charge < -0.3 is 10.6 Å². The van der Waals surface area contributed by atoms with Crippen molar-refractivity contribution in [2.75, 3.05) is 7.05 Å². The van der Waals surface area contributed by atoms with E-state index in [9.17, 15) is 13.2 Å². The average molecular weight is 325 g/mol. The van der Waals surface area contributed by atoms with E-state index >= 15 is 0 Å². The Labute approximate surface area is 131 Å². The third-order valence-electron chi connectivity index (χ3n) is 3.98. The number of carbonyl (C=O) groups excluding carboxylic acids is 1. The van der Waals surface area contributed by atoms with Crippen molar-refractivity contribution in [1.29, 1.82) is 0 Å². The number of carbonyl (C=O) groups is 1. The molecule has 2 amide bonds. The van der Waals surface area contributed by atoms with Crippen LogP contribution in [0.1, 0.15) is 44.2 Å². The number of hydrogen-bond donors (Lipinski definition) is 3. The molecule has 1 unspecified atom stereocenters. The number of benzene rings is 1. The summed E-state index contributed by atoms with van der Waals surface area (Å²) in [7, 11) is -2.11. The maximum absolute atomic E-state index is 12.0. The van der Waals surface area contributed by atoms with Crippen LogP contribution in [0.2, 0.25) is 0 Å². The number of urea groups is 1. The number of sulfonamides is 1. The van der Waals surface area contributed by atoms with E-state index in [1.165, 1.54) is 13.1 Å². The van der Waals surface area contributed by atoms with Crippen LogP contribution >= 0.6 is 0 Å². The molecule has 0 aliphatic heterocycles. The van der Waals surface area contributed by atoms with Gasteiger partial charge in [-0.15, -0.1) is 0 Å². The lowest BCUT2D eigenvalue weighted by molar-refractivity contribution is 0.234. The largest absolute Gasteiger partial charge is 0.335 e. The molecule has 122 valence electrons. The zero-order valence-electron chi connectivity index (χ0n) is 12.9. The molecule has 22 heavy (non-hydrogen) atoms. The van der Waals surface area contributed by atoms with Crippen molar-refractivity contribution >= 4 is 16.1 Å². The van der Waals surface area contributed by atoms with Gasteiger partial charge in [0.25, 0.3) is 0 Å². The smallest absolute Gasteiger partial charge is 0.315 e. The molecule has 0 spiro atoms. The molecule has 1 aliphatic rings. The molecule has 1 fully saturated rings. The lowest BCUT2D eigenvalue weighted by Gasteiger charge is -2.18. The first-order chi connectivity index (χ1) is 10.4. The third-order valence-corrected chi connectivity index (χ3v) is 5.39. The van der Waals surface area contributed by atoms with Crippen LogP contribution in [0.15, 0.2) is 29.2 Å². The maximum Gasteiger partial charge on any atom is 0.315 e. The number of hydrogen-bond acceptors (Lipinski definition) is 3. The highest BCUT2D eigenvalue weighted by Gasteiger charge is 2.19. The summed E-state index contributed by atoms with van der Waals surface area (Å²) >= 11 is 0. The van der Waals surface area contributed by atoms with Crippen molar-refractivity contribution in [1.82, 2.24) is 15.4 Å². The zero-order valence-corrected chi connectivity index (χ0v) is 13.7. The Morgan fingerprint density at radius 1 is 1.27 bits per heavy atom. The Morgan fingerprint density at radius 2 is 1.95 bits per heavy atom. The molecule has 0 saturated heterocycles. The van der Waals surface area contributed by atoms with Crippen LogP contribution in [0.3, 0.4) is 0 Å². The van der Waals surface area contributed by atoms with Gasteiger partial charge in [0.2, 0.25) is 10.0 Å². The minimum absolute atomic E-state index is 0.192. The second-order valence-corrected chi connectivity index (χ2v) is 7.49. The Kier molecular flexibility index (Phi) is 5.42. The van der Waals surface area contributed by atoms with Gasteiger partial charge in [-0.2, -0.15) is 0 Å². The summed E-state index contributed by atoms with van der Waals surface area (Å²) in [5, 5.41) is 5.81. The van der Waals surface area contributed by atoms with Crippen molar-refractivity contribution < 1.29 is 13.2 Å². The molecule has 0 heterocycles. The summed E-state index contributed by atoms with van der Waals surface area (Å²) in [4.78, 5) is 12.2. The van der Waals surface area contributed by atoms with Gasteiger partial charge in [0, 0.05) is 6.04 Å². The van der Waals surface area contributed by atoms with Crippen LogP contribution in [0.5, 0.6) is 0 Å². The van der Waals surface area contributed by atoms with E-state index in [1.54, 1.807) is 18.2 Å². The lowest BCUT2D eigenvalue weighted by atomic mass is 10.1. The summed E-state index contributed by atoms with van der Waals surface area (Å²) in [6, 6.07) is 6.35. The van der Waals surface area contributed by atoms with E-state index in [0.717, 1.165) is 31.2 Å².